The molecule has 0 radical (unpaired) electrons. The van der Waals surface area contributed by atoms with Gasteiger partial charge in [-0.2, -0.15) is 5.10 Å². The number of fused-ring (bicyclic) bond motifs is 1. The number of benzene rings is 2. The Balaban J connectivity index is 1.63. The lowest BCUT2D eigenvalue weighted by Gasteiger charge is -2.23. The molecule has 2 aromatic heterocycles. The van der Waals surface area contributed by atoms with Crippen LogP contribution in [0.15, 0.2) is 81.9 Å². The zero-order valence-corrected chi connectivity index (χ0v) is 21.1. The van der Waals surface area contributed by atoms with Gasteiger partial charge in [-0.15, -0.1) is 0 Å². The summed E-state index contributed by atoms with van der Waals surface area (Å²) in [6.07, 6.45) is 3.50. The van der Waals surface area contributed by atoms with Gasteiger partial charge in [-0.05, 0) is 49.8 Å². The SMILES string of the molecule is COC(=O)C1=C(C)N=c2sc(=Cc3cccc(Oc4ccccc4)c3)c(=O)n2C1c1cnn(C)c1C. The van der Waals surface area contributed by atoms with Crippen LogP contribution in [0.2, 0.25) is 0 Å². The molecule has 9 heteroatoms. The molecule has 1 unspecified atom stereocenters. The number of ether oxygens (including phenoxy) is 2. The fourth-order valence-electron chi connectivity index (χ4n) is 4.21. The van der Waals surface area contributed by atoms with E-state index in [-0.39, 0.29) is 5.56 Å². The van der Waals surface area contributed by atoms with Gasteiger partial charge in [0.15, 0.2) is 4.80 Å². The molecule has 8 nitrogen and oxygen atoms in total. The van der Waals surface area contributed by atoms with Gasteiger partial charge in [0.05, 0.1) is 29.1 Å². The van der Waals surface area contributed by atoms with E-state index in [1.165, 1.54) is 18.4 Å². The molecule has 0 fully saturated rings. The summed E-state index contributed by atoms with van der Waals surface area (Å²) in [5, 5.41) is 4.33. The van der Waals surface area contributed by atoms with E-state index in [0.29, 0.717) is 26.4 Å². The molecule has 0 aliphatic carbocycles. The topological polar surface area (TPSA) is 87.7 Å². The number of esters is 1. The van der Waals surface area contributed by atoms with Crippen molar-refractivity contribution in [3.8, 4) is 11.5 Å². The molecule has 0 saturated carbocycles. The Morgan fingerprint density at radius 1 is 1.08 bits per heavy atom. The number of para-hydroxylation sites is 1. The normalized spacial score (nSPS) is 15.4. The first-order valence-corrected chi connectivity index (χ1v) is 12.1. The van der Waals surface area contributed by atoms with Gasteiger partial charge in [0.1, 0.15) is 17.5 Å². The van der Waals surface area contributed by atoms with E-state index in [9.17, 15) is 9.59 Å². The van der Waals surface area contributed by atoms with Crippen LogP contribution in [0, 0.1) is 6.92 Å². The van der Waals surface area contributed by atoms with Gasteiger partial charge in [0.25, 0.3) is 5.56 Å². The third-order valence-electron chi connectivity index (χ3n) is 6.13. The molecule has 36 heavy (non-hydrogen) atoms. The largest absolute Gasteiger partial charge is 0.466 e. The number of hydrogen-bond acceptors (Lipinski definition) is 7. The Kier molecular flexibility index (Phi) is 6.15. The van der Waals surface area contributed by atoms with Crippen LogP contribution in [-0.2, 0) is 16.6 Å². The van der Waals surface area contributed by atoms with Gasteiger partial charge in [0.2, 0.25) is 0 Å². The minimum Gasteiger partial charge on any atom is -0.466 e. The molecule has 0 amide bonds. The first-order valence-electron chi connectivity index (χ1n) is 11.3. The number of aryl methyl sites for hydroxylation is 1. The van der Waals surface area contributed by atoms with Crippen LogP contribution in [-0.4, -0.2) is 27.4 Å². The van der Waals surface area contributed by atoms with Crippen LogP contribution in [0.4, 0.5) is 0 Å². The van der Waals surface area contributed by atoms with E-state index in [0.717, 1.165) is 22.6 Å². The summed E-state index contributed by atoms with van der Waals surface area (Å²) in [6.45, 7) is 3.66. The molecule has 0 spiro atoms. The zero-order chi connectivity index (χ0) is 25.4. The molecule has 3 heterocycles. The second kappa shape index (κ2) is 9.43. The first-order chi connectivity index (χ1) is 17.4. The number of aromatic nitrogens is 3. The Morgan fingerprint density at radius 2 is 1.83 bits per heavy atom. The lowest BCUT2D eigenvalue weighted by molar-refractivity contribution is -0.136. The highest BCUT2D eigenvalue weighted by Gasteiger charge is 2.34. The Hall–Kier alpha value is -4.24. The van der Waals surface area contributed by atoms with Crippen LogP contribution in [0.25, 0.3) is 6.08 Å². The lowest BCUT2D eigenvalue weighted by Crippen LogP contribution is -2.40. The number of rotatable bonds is 5. The third-order valence-corrected chi connectivity index (χ3v) is 7.11. The molecule has 0 N–H and O–H groups in total. The number of nitrogens with zero attached hydrogens (tertiary/aromatic N) is 4. The number of allylic oxidation sites excluding steroid dienone is 1. The van der Waals surface area contributed by atoms with Gasteiger partial charge >= 0.3 is 5.97 Å². The molecule has 2 aromatic carbocycles. The summed E-state index contributed by atoms with van der Waals surface area (Å²) in [4.78, 5) is 31.6. The summed E-state index contributed by atoms with van der Waals surface area (Å²) >= 11 is 1.28. The molecule has 4 aromatic rings. The van der Waals surface area contributed by atoms with Crippen LogP contribution in [0.5, 0.6) is 11.5 Å². The molecular formula is C27H24N4O4S. The maximum Gasteiger partial charge on any atom is 0.338 e. The highest BCUT2D eigenvalue weighted by Crippen LogP contribution is 2.32. The predicted octanol–water partition coefficient (Wildman–Crippen LogP) is 3.24. The predicted molar refractivity (Wildman–Crippen MR) is 137 cm³/mol. The summed E-state index contributed by atoms with van der Waals surface area (Å²) in [5.74, 6) is 0.867. The van der Waals surface area contributed by atoms with Crippen molar-refractivity contribution in [2.45, 2.75) is 19.9 Å². The monoisotopic (exact) mass is 500 g/mol. The average molecular weight is 501 g/mol. The van der Waals surface area contributed by atoms with E-state index in [1.54, 1.807) is 22.4 Å². The van der Waals surface area contributed by atoms with Gasteiger partial charge < -0.3 is 9.47 Å². The number of thiazole rings is 1. The molecule has 5 rings (SSSR count). The van der Waals surface area contributed by atoms with Crippen molar-refractivity contribution in [1.29, 1.82) is 0 Å². The highest BCUT2D eigenvalue weighted by atomic mass is 32.1. The van der Waals surface area contributed by atoms with Crippen molar-refractivity contribution in [2.75, 3.05) is 7.11 Å². The highest BCUT2D eigenvalue weighted by molar-refractivity contribution is 7.07. The van der Waals surface area contributed by atoms with Crippen LogP contribution >= 0.6 is 11.3 Å². The molecule has 1 aliphatic heterocycles. The smallest absolute Gasteiger partial charge is 0.338 e. The quantitative estimate of drug-likeness (QED) is 0.393. The number of methoxy groups -OCH3 is 1. The van der Waals surface area contributed by atoms with E-state index in [2.05, 4.69) is 10.1 Å². The summed E-state index contributed by atoms with van der Waals surface area (Å²) in [6, 6.07) is 16.3. The lowest BCUT2D eigenvalue weighted by atomic mass is 9.96. The maximum absolute atomic E-state index is 13.7. The molecule has 182 valence electrons. The van der Waals surface area contributed by atoms with Crippen LogP contribution in [0.3, 0.4) is 0 Å². The number of carbonyl (C=O) groups excluding carboxylic acids is 1. The van der Waals surface area contributed by atoms with Crippen molar-refractivity contribution < 1.29 is 14.3 Å². The van der Waals surface area contributed by atoms with Gasteiger partial charge in [0, 0.05) is 18.3 Å². The first kappa shape index (κ1) is 23.5. The van der Waals surface area contributed by atoms with Crippen molar-refractivity contribution >= 4 is 23.4 Å². The molecular weight excluding hydrogens is 476 g/mol. The summed E-state index contributed by atoms with van der Waals surface area (Å²) in [5.41, 5.74) is 3.00. The van der Waals surface area contributed by atoms with Gasteiger partial charge in [-0.1, -0.05) is 41.7 Å². The number of carbonyl (C=O) groups is 1. The molecule has 1 aliphatic rings. The Labute approximate surface area is 211 Å². The minimum absolute atomic E-state index is 0.240. The molecule has 0 saturated heterocycles. The van der Waals surface area contributed by atoms with Crippen LogP contribution in [0.1, 0.15) is 29.8 Å². The number of hydrogen-bond donors (Lipinski definition) is 0. The van der Waals surface area contributed by atoms with Crippen molar-refractivity contribution in [1.82, 2.24) is 14.3 Å². The molecule has 1 atom stereocenters. The van der Waals surface area contributed by atoms with Gasteiger partial charge in [-0.25, -0.2) is 9.79 Å². The molecule has 0 bridgehead atoms. The van der Waals surface area contributed by atoms with Crippen LogP contribution < -0.4 is 19.6 Å². The summed E-state index contributed by atoms with van der Waals surface area (Å²) in [7, 11) is 3.15. The van der Waals surface area contributed by atoms with Crippen molar-refractivity contribution in [2.24, 2.45) is 12.0 Å². The van der Waals surface area contributed by atoms with Crippen molar-refractivity contribution in [3.05, 3.63) is 109 Å². The fraction of sp³-hybridized carbons (Fsp3) is 0.185. The Bertz CT molecular complexity index is 1680. The van der Waals surface area contributed by atoms with E-state index >= 15 is 0 Å². The standard InChI is InChI=1S/C27H24N4O4S/c1-16-23(26(33)34-4)24(21-15-28-30(3)17(21)2)31-25(32)22(36-27(31)29-16)14-18-9-8-12-20(13-18)35-19-10-6-5-7-11-19/h5-15,24H,1-4H3. The van der Waals surface area contributed by atoms with E-state index in [4.69, 9.17) is 9.47 Å². The average Bonchev–Trinajstić information content (AvgIpc) is 3.36. The third kappa shape index (κ3) is 4.18. The second-order valence-electron chi connectivity index (χ2n) is 8.37. The van der Waals surface area contributed by atoms with Crippen molar-refractivity contribution in [3.63, 3.8) is 0 Å². The van der Waals surface area contributed by atoms with E-state index < -0.39 is 12.0 Å². The van der Waals surface area contributed by atoms with Gasteiger partial charge in [-0.3, -0.25) is 14.0 Å². The fourth-order valence-corrected chi connectivity index (χ4v) is 5.26. The second-order valence-corrected chi connectivity index (χ2v) is 9.38. The van der Waals surface area contributed by atoms with E-state index in [1.807, 2.05) is 74.6 Å². The Morgan fingerprint density at radius 3 is 2.53 bits per heavy atom. The maximum atomic E-state index is 13.7. The summed E-state index contributed by atoms with van der Waals surface area (Å²) < 4.78 is 14.8. The zero-order valence-electron chi connectivity index (χ0n) is 20.3. The minimum atomic E-state index is -0.683.